The van der Waals surface area contributed by atoms with Gasteiger partial charge in [0, 0.05) is 18.5 Å². The summed E-state index contributed by atoms with van der Waals surface area (Å²) in [6.45, 7) is 6.13. The predicted molar refractivity (Wildman–Crippen MR) is 69.4 cm³/mol. The van der Waals surface area contributed by atoms with Crippen LogP contribution in [0.5, 0.6) is 0 Å². The van der Waals surface area contributed by atoms with Gasteiger partial charge in [-0.05, 0) is 12.8 Å². The molecule has 1 aromatic rings. The lowest BCUT2D eigenvalue weighted by Crippen LogP contribution is -2.35. The number of aromatic amines is 1. The Morgan fingerprint density at radius 3 is 2.44 bits per heavy atom. The van der Waals surface area contributed by atoms with Crippen molar-refractivity contribution in [1.82, 2.24) is 20.1 Å². The third-order valence-corrected chi connectivity index (χ3v) is 3.58. The van der Waals surface area contributed by atoms with Gasteiger partial charge in [0.25, 0.3) is 5.91 Å². The number of rotatable bonds is 2. The number of hydrogen-bond acceptors (Lipinski definition) is 3. The second-order valence-corrected chi connectivity index (χ2v) is 6.11. The fraction of sp³-hybridized carbons (Fsp3) is 0.769. The standard InChI is InChI=1S/C13H22N4O/c1-13(2,3)12-14-10(15-16-12)11(18)17(4)9-7-5-6-8-9/h9H,5-8H2,1-4H3,(H,14,15,16). The van der Waals surface area contributed by atoms with Crippen molar-refractivity contribution in [2.75, 3.05) is 7.05 Å². The molecule has 5 nitrogen and oxygen atoms in total. The van der Waals surface area contributed by atoms with Crippen molar-refractivity contribution < 1.29 is 4.79 Å². The average molecular weight is 250 g/mol. The van der Waals surface area contributed by atoms with Gasteiger partial charge in [0.2, 0.25) is 5.82 Å². The van der Waals surface area contributed by atoms with Gasteiger partial charge in [0.05, 0.1) is 0 Å². The van der Waals surface area contributed by atoms with Crippen LogP contribution >= 0.6 is 0 Å². The van der Waals surface area contributed by atoms with Gasteiger partial charge in [-0.1, -0.05) is 33.6 Å². The third kappa shape index (κ3) is 2.54. The van der Waals surface area contributed by atoms with E-state index in [1.54, 1.807) is 4.90 Å². The first-order valence-electron chi connectivity index (χ1n) is 6.59. The monoisotopic (exact) mass is 250 g/mol. The SMILES string of the molecule is CN(C(=O)c1n[nH]c(C(C)(C)C)n1)C1CCCC1. The Hall–Kier alpha value is -1.39. The minimum absolute atomic E-state index is 0.0753. The number of nitrogens with one attached hydrogen (secondary N) is 1. The number of carbonyl (C=O) groups excluding carboxylic acids is 1. The molecular weight excluding hydrogens is 228 g/mol. The van der Waals surface area contributed by atoms with Crippen molar-refractivity contribution in [3.63, 3.8) is 0 Å². The maximum atomic E-state index is 12.3. The zero-order valence-electron chi connectivity index (χ0n) is 11.7. The van der Waals surface area contributed by atoms with Crippen LogP contribution < -0.4 is 0 Å². The number of carbonyl (C=O) groups is 1. The van der Waals surface area contributed by atoms with E-state index in [4.69, 9.17) is 0 Å². The highest BCUT2D eigenvalue weighted by Gasteiger charge is 2.28. The Bertz CT molecular complexity index is 426. The molecule has 5 heteroatoms. The van der Waals surface area contributed by atoms with Gasteiger partial charge >= 0.3 is 0 Å². The topological polar surface area (TPSA) is 61.9 Å². The van der Waals surface area contributed by atoms with Crippen LogP contribution in [0.25, 0.3) is 0 Å². The molecule has 1 amide bonds. The first-order valence-corrected chi connectivity index (χ1v) is 6.59. The van der Waals surface area contributed by atoms with E-state index >= 15 is 0 Å². The molecule has 1 aromatic heterocycles. The summed E-state index contributed by atoms with van der Waals surface area (Å²) in [7, 11) is 1.85. The lowest BCUT2D eigenvalue weighted by Gasteiger charge is -2.22. The maximum absolute atomic E-state index is 12.3. The highest BCUT2D eigenvalue weighted by atomic mass is 16.2. The van der Waals surface area contributed by atoms with E-state index in [2.05, 4.69) is 15.2 Å². The van der Waals surface area contributed by atoms with Gasteiger partial charge in [-0.15, -0.1) is 5.10 Å². The van der Waals surface area contributed by atoms with Gasteiger partial charge in [0.1, 0.15) is 5.82 Å². The van der Waals surface area contributed by atoms with E-state index in [0.29, 0.717) is 6.04 Å². The molecule has 1 aliphatic rings. The lowest BCUT2D eigenvalue weighted by molar-refractivity contribution is 0.0723. The summed E-state index contributed by atoms with van der Waals surface area (Å²) in [5.41, 5.74) is -0.114. The Morgan fingerprint density at radius 2 is 1.94 bits per heavy atom. The number of amides is 1. The number of nitrogens with zero attached hydrogens (tertiary/aromatic N) is 3. The van der Waals surface area contributed by atoms with E-state index in [9.17, 15) is 4.79 Å². The minimum atomic E-state index is -0.114. The molecule has 0 aromatic carbocycles. The molecule has 1 aliphatic carbocycles. The number of H-pyrrole nitrogens is 1. The molecule has 1 N–H and O–H groups in total. The summed E-state index contributed by atoms with van der Waals surface area (Å²) >= 11 is 0. The van der Waals surface area contributed by atoms with Crippen LogP contribution in [-0.4, -0.2) is 39.1 Å². The molecule has 1 saturated carbocycles. The van der Waals surface area contributed by atoms with Gasteiger partial charge in [-0.3, -0.25) is 9.89 Å². The van der Waals surface area contributed by atoms with E-state index in [0.717, 1.165) is 18.7 Å². The van der Waals surface area contributed by atoms with Crippen LogP contribution in [0.3, 0.4) is 0 Å². The molecule has 0 bridgehead atoms. The maximum Gasteiger partial charge on any atom is 0.293 e. The minimum Gasteiger partial charge on any atom is -0.336 e. The first kappa shape index (κ1) is 13.1. The molecular formula is C13H22N4O. The molecule has 0 saturated heterocycles. The Balaban J connectivity index is 2.11. The molecule has 0 aliphatic heterocycles. The van der Waals surface area contributed by atoms with Crippen LogP contribution in [-0.2, 0) is 5.41 Å². The van der Waals surface area contributed by atoms with Crippen molar-refractivity contribution >= 4 is 5.91 Å². The van der Waals surface area contributed by atoms with Gasteiger partial charge in [-0.25, -0.2) is 4.98 Å². The molecule has 0 radical (unpaired) electrons. The molecule has 100 valence electrons. The van der Waals surface area contributed by atoms with E-state index in [1.807, 2.05) is 27.8 Å². The zero-order chi connectivity index (χ0) is 13.3. The first-order chi connectivity index (χ1) is 8.39. The molecule has 2 rings (SSSR count). The fourth-order valence-corrected chi connectivity index (χ4v) is 2.31. The van der Waals surface area contributed by atoms with E-state index in [-0.39, 0.29) is 17.1 Å². The van der Waals surface area contributed by atoms with E-state index < -0.39 is 0 Å². The summed E-state index contributed by atoms with van der Waals surface area (Å²) in [5.74, 6) is 0.966. The summed E-state index contributed by atoms with van der Waals surface area (Å²) in [5, 5.41) is 6.91. The smallest absolute Gasteiger partial charge is 0.293 e. The van der Waals surface area contributed by atoms with Crippen LogP contribution in [0.4, 0.5) is 0 Å². The molecule has 0 unspecified atom stereocenters. The van der Waals surface area contributed by atoms with Gasteiger partial charge < -0.3 is 4.90 Å². The van der Waals surface area contributed by atoms with Crippen LogP contribution in [0.2, 0.25) is 0 Å². The van der Waals surface area contributed by atoms with E-state index in [1.165, 1.54) is 12.8 Å². The second-order valence-electron chi connectivity index (χ2n) is 6.11. The Morgan fingerprint density at radius 1 is 1.33 bits per heavy atom. The Labute approximate surface area is 108 Å². The van der Waals surface area contributed by atoms with Crippen molar-refractivity contribution in [3.05, 3.63) is 11.6 Å². The Kier molecular flexibility index (Phi) is 3.41. The largest absolute Gasteiger partial charge is 0.336 e. The summed E-state index contributed by atoms with van der Waals surface area (Å²) < 4.78 is 0. The highest BCUT2D eigenvalue weighted by Crippen LogP contribution is 2.23. The van der Waals surface area contributed by atoms with Crippen molar-refractivity contribution in [2.45, 2.75) is 57.9 Å². The summed E-state index contributed by atoms with van der Waals surface area (Å²) in [4.78, 5) is 18.4. The summed E-state index contributed by atoms with van der Waals surface area (Å²) in [6, 6.07) is 0.356. The molecule has 0 spiro atoms. The van der Waals surface area contributed by atoms with Crippen LogP contribution in [0.15, 0.2) is 0 Å². The summed E-state index contributed by atoms with van der Waals surface area (Å²) in [6.07, 6.45) is 4.62. The average Bonchev–Trinajstić information content (AvgIpc) is 2.96. The predicted octanol–water partition coefficient (Wildman–Crippen LogP) is 2.12. The fourth-order valence-electron chi connectivity index (χ4n) is 2.31. The third-order valence-electron chi connectivity index (χ3n) is 3.58. The van der Waals surface area contributed by atoms with Crippen LogP contribution in [0, 0.1) is 0 Å². The quantitative estimate of drug-likeness (QED) is 0.874. The van der Waals surface area contributed by atoms with Crippen molar-refractivity contribution in [2.24, 2.45) is 0 Å². The normalized spacial score (nSPS) is 17.1. The van der Waals surface area contributed by atoms with Crippen molar-refractivity contribution in [1.29, 1.82) is 0 Å². The van der Waals surface area contributed by atoms with Gasteiger partial charge in [0.15, 0.2) is 0 Å². The highest BCUT2D eigenvalue weighted by molar-refractivity contribution is 5.90. The molecule has 1 heterocycles. The van der Waals surface area contributed by atoms with Gasteiger partial charge in [-0.2, -0.15) is 0 Å². The molecule has 1 fully saturated rings. The van der Waals surface area contributed by atoms with Crippen LogP contribution in [0.1, 0.15) is 62.9 Å². The van der Waals surface area contributed by atoms with Crippen molar-refractivity contribution in [3.8, 4) is 0 Å². The molecule has 0 atom stereocenters. The molecule has 18 heavy (non-hydrogen) atoms. The number of aromatic nitrogens is 3. The second kappa shape index (κ2) is 4.71. The zero-order valence-corrected chi connectivity index (χ0v) is 11.7. The lowest BCUT2D eigenvalue weighted by atomic mass is 9.96. The number of hydrogen-bond donors (Lipinski definition) is 1.